The molecule has 5 rings (SSSR count). The van der Waals surface area contributed by atoms with Gasteiger partial charge in [0.2, 0.25) is 5.78 Å². The van der Waals surface area contributed by atoms with E-state index < -0.39 is 18.0 Å². The number of Topliss-reactive ketones (excluding diaryl/α,β-unsaturated/α-hetero) is 1. The number of nitrogens with one attached hydrogen (secondary N) is 1. The number of allylic oxidation sites excluding steroid dienone is 6. The van der Waals surface area contributed by atoms with E-state index in [-0.39, 0.29) is 64.0 Å². The van der Waals surface area contributed by atoms with Crippen LogP contribution in [0.5, 0.6) is 0 Å². The summed E-state index contributed by atoms with van der Waals surface area (Å²) in [6, 6.07) is 4.07. The Balaban J connectivity index is 1.59. The Morgan fingerprint density at radius 2 is 1.45 bits per heavy atom. The molecule has 0 bridgehead atoms. The van der Waals surface area contributed by atoms with Gasteiger partial charge in [-0.05, 0) is 73.9 Å². The Kier molecular flexibility index (Phi) is 13.0. The van der Waals surface area contributed by atoms with Gasteiger partial charge in [0.1, 0.15) is 5.76 Å². The second kappa shape index (κ2) is 17.0. The summed E-state index contributed by atoms with van der Waals surface area (Å²) in [5, 5.41) is 14.9. The number of likely N-dealkylation sites (tertiary alicyclic amines) is 1. The molecule has 1 fully saturated rings. The minimum Gasteiger partial charge on any atom is -0.506 e. The second-order valence-corrected chi connectivity index (χ2v) is 17.5. The highest BCUT2D eigenvalue weighted by atomic mass is 16.6. The van der Waals surface area contributed by atoms with Gasteiger partial charge in [0.15, 0.2) is 0 Å². The lowest BCUT2D eigenvalue weighted by atomic mass is 9.73. The molecule has 56 heavy (non-hydrogen) atoms. The Labute approximate surface area is 335 Å². The first kappa shape index (κ1) is 42.8. The van der Waals surface area contributed by atoms with Crippen LogP contribution in [0.1, 0.15) is 132 Å². The standard InChI is InChI=1S/C46H66N4O6/c1-13-17-19-29(15-3)25-55-43(53)47-35-23-37-33(45(7,8)27(5)49(37)11)21-31(35)39-41(51)40(42(39)52)32-22-34-38(50(12)28(6)46(34,9)10)24-36(32)48-44(54)56-26-30(16-4)20-18-14-2/h21-24,27-30,51H,13-20,25-26H2,1-12H3,(H,47,53)/b40-32+,48-36+. The van der Waals surface area contributed by atoms with Crippen molar-refractivity contribution in [1.82, 2.24) is 4.90 Å². The van der Waals surface area contributed by atoms with Gasteiger partial charge in [-0.3, -0.25) is 10.1 Å². The van der Waals surface area contributed by atoms with Crippen LogP contribution in [0.25, 0.3) is 5.57 Å². The molecular formula is C46H66N4O6. The van der Waals surface area contributed by atoms with E-state index in [9.17, 15) is 19.5 Å². The van der Waals surface area contributed by atoms with Gasteiger partial charge in [0.25, 0.3) is 0 Å². The molecule has 1 aromatic rings. The molecule has 2 N–H and O–H groups in total. The summed E-state index contributed by atoms with van der Waals surface area (Å²) >= 11 is 0. The van der Waals surface area contributed by atoms with E-state index >= 15 is 0 Å². The zero-order valence-electron chi connectivity index (χ0n) is 36.0. The van der Waals surface area contributed by atoms with Crippen LogP contribution in [0.15, 0.2) is 57.5 Å². The number of aliphatic imine (C=N–C) groups is 1. The molecule has 0 spiro atoms. The molecule has 2 aliphatic heterocycles. The molecule has 10 nitrogen and oxygen atoms in total. The third kappa shape index (κ3) is 7.94. The van der Waals surface area contributed by atoms with Crippen LogP contribution in [-0.2, 0) is 19.7 Å². The molecule has 1 saturated heterocycles. The summed E-state index contributed by atoms with van der Waals surface area (Å²) in [6.07, 6.45) is 10.4. The van der Waals surface area contributed by atoms with E-state index in [1.165, 1.54) is 0 Å². The predicted octanol–water partition coefficient (Wildman–Crippen LogP) is 10.7. The van der Waals surface area contributed by atoms with E-state index in [1.54, 1.807) is 0 Å². The number of hydrogen-bond acceptors (Lipinski definition) is 8. The Bertz CT molecular complexity index is 1880. The number of ether oxygens (including phenoxy) is 2. The molecule has 4 aliphatic rings. The van der Waals surface area contributed by atoms with Crippen LogP contribution in [0, 0.1) is 17.3 Å². The summed E-state index contributed by atoms with van der Waals surface area (Å²) in [5.74, 6) is -0.0972. The smallest absolute Gasteiger partial charge is 0.434 e. The lowest BCUT2D eigenvalue weighted by molar-refractivity contribution is -0.111. The number of fused-ring (bicyclic) bond motifs is 2. The molecule has 0 saturated carbocycles. The molecule has 0 radical (unpaired) electrons. The molecule has 10 heteroatoms. The maximum atomic E-state index is 14.6. The molecular weight excluding hydrogens is 705 g/mol. The van der Waals surface area contributed by atoms with Crippen LogP contribution in [0.4, 0.5) is 21.0 Å². The monoisotopic (exact) mass is 770 g/mol. The number of aliphatic hydroxyl groups excluding tert-OH is 1. The predicted molar refractivity (Wildman–Crippen MR) is 226 cm³/mol. The second-order valence-electron chi connectivity index (χ2n) is 17.5. The Morgan fingerprint density at radius 1 is 0.857 bits per heavy atom. The normalized spacial score (nSPS) is 24.0. The summed E-state index contributed by atoms with van der Waals surface area (Å²) in [6.45, 7) is 22.0. The van der Waals surface area contributed by atoms with Gasteiger partial charge in [-0.25, -0.2) is 9.59 Å². The van der Waals surface area contributed by atoms with E-state index in [0.29, 0.717) is 23.4 Å². The first-order chi connectivity index (χ1) is 26.4. The van der Waals surface area contributed by atoms with Gasteiger partial charge in [-0.15, -0.1) is 0 Å². The fourth-order valence-electron chi connectivity index (χ4n) is 8.58. The SMILES string of the molecule is CCCCC(CC)COC(=O)/N=C1\C=C2C(=C\C1=C1/C(=O)C(c3cc4c(cc3NC(=O)OCC(CC)CCCC)N(C)C(C)C4(C)C)=C1O)C(C)(C)C(C)N2C. The van der Waals surface area contributed by atoms with Gasteiger partial charge in [0, 0.05) is 59.5 Å². The lowest BCUT2D eigenvalue weighted by Crippen LogP contribution is -2.36. The summed E-state index contributed by atoms with van der Waals surface area (Å²) in [5.41, 5.74) is 4.91. The minimum atomic E-state index is -0.728. The van der Waals surface area contributed by atoms with E-state index in [0.717, 1.165) is 73.9 Å². The van der Waals surface area contributed by atoms with Crippen molar-refractivity contribution in [2.75, 3.05) is 37.5 Å². The van der Waals surface area contributed by atoms with Crippen LogP contribution < -0.4 is 10.2 Å². The highest BCUT2D eigenvalue weighted by Gasteiger charge is 2.48. The van der Waals surface area contributed by atoms with Crippen molar-refractivity contribution in [3.05, 3.63) is 63.6 Å². The number of amides is 2. The Hall–Kier alpha value is -4.34. The number of nitrogens with zero attached hydrogens (tertiary/aromatic N) is 3. The van der Waals surface area contributed by atoms with Crippen LogP contribution in [0.3, 0.4) is 0 Å². The van der Waals surface area contributed by atoms with Gasteiger partial charge >= 0.3 is 12.2 Å². The average molecular weight is 771 g/mol. The molecule has 2 aliphatic carbocycles. The molecule has 4 atom stereocenters. The third-order valence-electron chi connectivity index (χ3n) is 13.5. The quantitative estimate of drug-likeness (QED) is 0.179. The highest BCUT2D eigenvalue weighted by Crippen LogP contribution is 2.52. The van der Waals surface area contributed by atoms with Crippen LogP contribution in [0.2, 0.25) is 0 Å². The highest BCUT2D eigenvalue weighted by molar-refractivity contribution is 6.42. The summed E-state index contributed by atoms with van der Waals surface area (Å²) < 4.78 is 11.4. The number of ketones is 1. The van der Waals surface area contributed by atoms with Crippen molar-refractivity contribution < 1.29 is 29.0 Å². The van der Waals surface area contributed by atoms with Crippen LogP contribution >= 0.6 is 0 Å². The zero-order chi connectivity index (χ0) is 41.3. The maximum Gasteiger partial charge on any atom is 0.434 e. The molecule has 306 valence electrons. The number of hydrogen-bond donors (Lipinski definition) is 2. The fraction of sp³-hybridized carbons (Fsp3) is 0.609. The van der Waals surface area contributed by atoms with Gasteiger partial charge in [-0.2, -0.15) is 4.99 Å². The summed E-state index contributed by atoms with van der Waals surface area (Å²) in [4.78, 5) is 50.0. The number of benzene rings is 1. The fourth-order valence-corrected chi connectivity index (χ4v) is 8.58. The summed E-state index contributed by atoms with van der Waals surface area (Å²) in [7, 11) is 4.03. The number of rotatable bonds is 14. The van der Waals surface area contributed by atoms with Crippen molar-refractivity contribution in [2.45, 2.75) is 138 Å². The molecule has 2 heterocycles. The first-order valence-electron chi connectivity index (χ1n) is 20.9. The van der Waals surface area contributed by atoms with E-state index in [1.807, 2.05) is 38.4 Å². The number of carbonyl (C=O) groups excluding carboxylic acids is 3. The van der Waals surface area contributed by atoms with Gasteiger partial charge < -0.3 is 24.4 Å². The van der Waals surface area contributed by atoms with Gasteiger partial charge in [-0.1, -0.05) is 93.9 Å². The zero-order valence-corrected chi connectivity index (χ0v) is 36.0. The van der Waals surface area contributed by atoms with Crippen LogP contribution in [-0.4, -0.2) is 73.1 Å². The number of unbranched alkanes of at least 4 members (excludes halogenated alkanes) is 2. The number of carbonyl (C=O) groups is 3. The first-order valence-corrected chi connectivity index (χ1v) is 20.9. The largest absolute Gasteiger partial charge is 0.506 e. The lowest BCUT2D eigenvalue weighted by Gasteiger charge is -2.29. The Morgan fingerprint density at radius 3 is 2.02 bits per heavy atom. The molecule has 0 aromatic heterocycles. The van der Waals surface area contributed by atoms with Crippen molar-refractivity contribution in [2.24, 2.45) is 22.2 Å². The third-order valence-corrected chi connectivity index (χ3v) is 13.5. The van der Waals surface area contributed by atoms with Crippen molar-refractivity contribution >= 4 is 40.6 Å². The van der Waals surface area contributed by atoms with Crippen molar-refractivity contribution in [1.29, 1.82) is 0 Å². The number of anilines is 2. The maximum absolute atomic E-state index is 14.6. The average Bonchev–Trinajstić information content (AvgIpc) is 3.43. The minimum absolute atomic E-state index is 0.0854. The topological polar surface area (TPSA) is 121 Å². The van der Waals surface area contributed by atoms with E-state index in [4.69, 9.17) is 9.47 Å². The number of likely N-dealkylation sites (N-methyl/N-ethyl adjacent to an activating group) is 2. The number of aliphatic hydroxyl groups is 1. The molecule has 4 unspecified atom stereocenters. The van der Waals surface area contributed by atoms with Gasteiger partial charge in [0.05, 0.1) is 35.8 Å². The van der Waals surface area contributed by atoms with Crippen molar-refractivity contribution in [3.63, 3.8) is 0 Å². The molecule has 1 aromatic carbocycles. The van der Waals surface area contributed by atoms with E-state index in [2.05, 4.69) is 89.3 Å². The molecule has 2 amide bonds. The van der Waals surface area contributed by atoms with Crippen molar-refractivity contribution in [3.8, 4) is 0 Å².